The molecule has 3 aromatic rings. The molecule has 4 N–H and O–H groups in total. The largest absolute Gasteiger partial charge is 0.390 e. The second-order valence-corrected chi connectivity index (χ2v) is 10.2. The van der Waals surface area contributed by atoms with Crippen molar-refractivity contribution in [3.05, 3.63) is 23.7 Å². The summed E-state index contributed by atoms with van der Waals surface area (Å²) < 4.78 is 1.02. The molecule has 174 valence electrons. The first-order chi connectivity index (χ1) is 15.8. The number of thiazole rings is 1. The molecule has 0 bridgehead atoms. The van der Waals surface area contributed by atoms with Gasteiger partial charge in [0.25, 0.3) is 0 Å². The van der Waals surface area contributed by atoms with Gasteiger partial charge in [0.15, 0.2) is 0 Å². The molecular weight excluding hydrogens is 440 g/mol. The van der Waals surface area contributed by atoms with Gasteiger partial charge in [0.2, 0.25) is 5.95 Å². The Kier molecular flexibility index (Phi) is 5.75. The number of ketones is 1. The van der Waals surface area contributed by atoms with Crippen LogP contribution in [0.3, 0.4) is 0 Å². The van der Waals surface area contributed by atoms with Gasteiger partial charge in [0, 0.05) is 18.7 Å². The molecule has 10 heteroatoms. The first-order valence-corrected chi connectivity index (χ1v) is 12.1. The number of aliphatic hydroxyl groups is 2. The molecule has 3 aromatic heterocycles. The predicted octanol–water partition coefficient (Wildman–Crippen LogP) is 2.70. The maximum absolute atomic E-state index is 11.9. The minimum absolute atomic E-state index is 0.133. The fourth-order valence-electron chi connectivity index (χ4n) is 4.41. The molecule has 5 rings (SSSR count). The van der Waals surface area contributed by atoms with Gasteiger partial charge < -0.3 is 20.8 Å². The Morgan fingerprint density at radius 2 is 1.94 bits per heavy atom. The third-order valence-electron chi connectivity index (χ3n) is 6.57. The van der Waals surface area contributed by atoms with Crippen LogP contribution in [0.5, 0.6) is 0 Å². The molecule has 3 heterocycles. The Labute approximate surface area is 195 Å². The third-order valence-corrected chi connectivity index (χ3v) is 7.60. The molecule has 2 aliphatic carbocycles. The molecule has 0 saturated heterocycles. The summed E-state index contributed by atoms with van der Waals surface area (Å²) in [6, 6.07) is 1.42. The minimum atomic E-state index is -1.10. The fourth-order valence-corrected chi connectivity index (χ4v) is 5.52. The molecule has 0 amide bonds. The SMILES string of the molecule is CC(=O)[C@H]1C[C@@H](Nc2nc(NCC3CC3)nc(C)c2-c2nc3c(C)nccc3s2)[C@H](O)[C@@H]1O. The second-order valence-electron chi connectivity index (χ2n) is 9.13. The van der Waals surface area contributed by atoms with Gasteiger partial charge in [-0.3, -0.25) is 9.78 Å². The number of anilines is 2. The highest BCUT2D eigenvalue weighted by Crippen LogP contribution is 2.39. The highest BCUT2D eigenvalue weighted by Gasteiger charge is 2.44. The molecule has 0 unspecified atom stereocenters. The summed E-state index contributed by atoms with van der Waals surface area (Å²) in [6.45, 7) is 6.11. The standard InChI is InChI=1S/C23H28N6O3S/c1-10-17(22-28-18-11(2)24-7-6-16(18)33-22)21(29-23(26-10)25-9-13-4-5-13)27-15-8-14(12(3)30)19(31)20(15)32/h6-7,13-15,19-20,31-32H,4-5,8-9H2,1-3H3,(H2,25,26,27,29)/t14-,15-,19-,20+/m1/s1. The fraction of sp³-hybridized carbons (Fsp3) is 0.522. The van der Waals surface area contributed by atoms with Crippen LogP contribution in [-0.2, 0) is 4.79 Å². The van der Waals surface area contributed by atoms with E-state index in [9.17, 15) is 15.0 Å². The number of pyridine rings is 1. The summed E-state index contributed by atoms with van der Waals surface area (Å²) in [5.41, 5.74) is 3.20. The van der Waals surface area contributed by atoms with Crippen LogP contribution in [0.25, 0.3) is 20.8 Å². The highest BCUT2D eigenvalue weighted by molar-refractivity contribution is 7.21. The topological polar surface area (TPSA) is 133 Å². The number of aliphatic hydroxyl groups excluding tert-OH is 2. The summed E-state index contributed by atoms with van der Waals surface area (Å²) in [5.74, 6) is 0.970. The van der Waals surface area contributed by atoms with E-state index >= 15 is 0 Å². The van der Waals surface area contributed by atoms with E-state index in [1.807, 2.05) is 19.9 Å². The van der Waals surface area contributed by atoms with Crippen molar-refractivity contribution in [2.75, 3.05) is 17.2 Å². The zero-order chi connectivity index (χ0) is 23.3. The van der Waals surface area contributed by atoms with Crippen LogP contribution in [0, 0.1) is 25.7 Å². The van der Waals surface area contributed by atoms with Crippen molar-refractivity contribution in [1.82, 2.24) is 19.9 Å². The third kappa shape index (κ3) is 4.30. The number of rotatable bonds is 7. The Bertz CT molecular complexity index is 1210. The lowest BCUT2D eigenvalue weighted by atomic mass is 10.0. The number of hydrogen-bond donors (Lipinski definition) is 4. The van der Waals surface area contributed by atoms with Gasteiger partial charge in [-0.1, -0.05) is 0 Å². The predicted molar refractivity (Wildman–Crippen MR) is 127 cm³/mol. The van der Waals surface area contributed by atoms with E-state index in [0.717, 1.165) is 38.7 Å². The zero-order valence-corrected chi connectivity index (χ0v) is 19.7. The lowest BCUT2D eigenvalue weighted by molar-refractivity contribution is -0.124. The lowest BCUT2D eigenvalue weighted by Crippen LogP contribution is -2.36. The molecule has 9 nitrogen and oxygen atoms in total. The van der Waals surface area contributed by atoms with Gasteiger partial charge in [-0.15, -0.1) is 11.3 Å². The van der Waals surface area contributed by atoms with Crippen molar-refractivity contribution >= 4 is 39.1 Å². The van der Waals surface area contributed by atoms with Crippen LogP contribution in [0.1, 0.15) is 37.6 Å². The van der Waals surface area contributed by atoms with Crippen molar-refractivity contribution < 1.29 is 15.0 Å². The number of nitrogens with one attached hydrogen (secondary N) is 2. The summed E-state index contributed by atoms with van der Waals surface area (Å²) in [7, 11) is 0. The van der Waals surface area contributed by atoms with E-state index in [-0.39, 0.29) is 5.78 Å². The minimum Gasteiger partial charge on any atom is -0.390 e. The van der Waals surface area contributed by atoms with E-state index < -0.39 is 24.2 Å². The summed E-state index contributed by atoms with van der Waals surface area (Å²) in [5, 5.41) is 28.4. The number of aromatic nitrogens is 4. The van der Waals surface area contributed by atoms with Gasteiger partial charge in [0.1, 0.15) is 28.2 Å². The molecule has 0 aliphatic heterocycles. The Balaban J connectivity index is 1.54. The Morgan fingerprint density at radius 3 is 2.61 bits per heavy atom. The Morgan fingerprint density at radius 1 is 1.15 bits per heavy atom. The van der Waals surface area contributed by atoms with Gasteiger partial charge in [-0.05, 0) is 52.0 Å². The number of carbonyl (C=O) groups excluding carboxylic acids is 1. The van der Waals surface area contributed by atoms with Crippen LogP contribution >= 0.6 is 11.3 Å². The molecule has 0 aromatic carbocycles. The summed E-state index contributed by atoms with van der Waals surface area (Å²) in [4.78, 5) is 30.5. The van der Waals surface area contributed by atoms with Crippen LogP contribution in [0.2, 0.25) is 0 Å². The lowest BCUT2D eigenvalue weighted by Gasteiger charge is -2.21. The van der Waals surface area contributed by atoms with Crippen LogP contribution in [0.15, 0.2) is 12.3 Å². The van der Waals surface area contributed by atoms with Crippen LogP contribution in [0.4, 0.5) is 11.8 Å². The van der Waals surface area contributed by atoms with Gasteiger partial charge in [-0.2, -0.15) is 4.98 Å². The molecule has 4 atom stereocenters. The molecule has 2 aliphatic rings. The number of Topliss-reactive ketones (excluding diaryl/α,β-unsaturated/α-hetero) is 1. The average Bonchev–Trinajstić information content (AvgIpc) is 3.43. The van der Waals surface area contributed by atoms with E-state index in [1.54, 1.807) is 6.20 Å². The normalized spacial score (nSPS) is 24.9. The Hall–Kier alpha value is -2.69. The monoisotopic (exact) mass is 468 g/mol. The quantitative estimate of drug-likeness (QED) is 0.413. The van der Waals surface area contributed by atoms with Crippen molar-refractivity contribution in [2.45, 2.75) is 58.3 Å². The van der Waals surface area contributed by atoms with Gasteiger partial charge >= 0.3 is 0 Å². The van der Waals surface area contributed by atoms with Gasteiger partial charge in [0.05, 0.1) is 33.8 Å². The highest BCUT2D eigenvalue weighted by atomic mass is 32.1. The van der Waals surface area contributed by atoms with Crippen LogP contribution in [-0.4, -0.2) is 60.7 Å². The maximum atomic E-state index is 11.9. The summed E-state index contributed by atoms with van der Waals surface area (Å²) in [6.07, 6.45) is 2.35. The van der Waals surface area contributed by atoms with Crippen molar-refractivity contribution in [2.24, 2.45) is 11.8 Å². The maximum Gasteiger partial charge on any atom is 0.224 e. The van der Waals surface area contributed by atoms with Crippen molar-refractivity contribution in [3.63, 3.8) is 0 Å². The molecule has 0 spiro atoms. The van der Waals surface area contributed by atoms with Crippen molar-refractivity contribution in [1.29, 1.82) is 0 Å². The smallest absolute Gasteiger partial charge is 0.224 e. The van der Waals surface area contributed by atoms with Crippen LogP contribution < -0.4 is 10.6 Å². The molecule has 33 heavy (non-hydrogen) atoms. The molecular formula is C23H28N6O3S. The first-order valence-electron chi connectivity index (χ1n) is 11.3. The second kappa shape index (κ2) is 8.58. The van der Waals surface area contributed by atoms with Gasteiger partial charge in [-0.25, -0.2) is 9.97 Å². The number of fused-ring (bicyclic) bond motifs is 1. The van der Waals surface area contributed by atoms with E-state index in [4.69, 9.17) is 9.97 Å². The van der Waals surface area contributed by atoms with E-state index in [0.29, 0.717) is 24.1 Å². The molecule has 0 radical (unpaired) electrons. The van der Waals surface area contributed by atoms with E-state index in [1.165, 1.54) is 31.1 Å². The van der Waals surface area contributed by atoms with E-state index in [2.05, 4.69) is 20.6 Å². The summed E-state index contributed by atoms with van der Waals surface area (Å²) >= 11 is 1.53. The molecule has 2 fully saturated rings. The number of hydrogen-bond acceptors (Lipinski definition) is 10. The molecule has 2 saturated carbocycles. The average molecular weight is 469 g/mol. The first kappa shape index (κ1) is 22.1. The zero-order valence-electron chi connectivity index (χ0n) is 18.9. The number of carbonyl (C=O) groups is 1. The number of nitrogens with zero attached hydrogens (tertiary/aromatic N) is 4. The van der Waals surface area contributed by atoms with Crippen molar-refractivity contribution in [3.8, 4) is 10.6 Å². The number of aryl methyl sites for hydroxylation is 2.